The number of amides is 1. The molecule has 18 heavy (non-hydrogen) atoms. The molecule has 0 bridgehead atoms. The molecule has 1 atom stereocenters. The molecule has 1 amide bonds. The van der Waals surface area contributed by atoms with Crippen LogP contribution < -0.4 is 5.32 Å². The number of hydrogen-bond acceptors (Lipinski definition) is 4. The van der Waals surface area contributed by atoms with E-state index in [0.29, 0.717) is 0 Å². The van der Waals surface area contributed by atoms with Crippen molar-refractivity contribution in [2.75, 3.05) is 0 Å². The Morgan fingerprint density at radius 1 is 1.33 bits per heavy atom. The Balaban J connectivity index is 2.75. The van der Waals surface area contributed by atoms with Gasteiger partial charge in [0.05, 0.1) is 12.0 Å². The predicted molar refractivity (Wildman–Crippen MR) is 60.4 cm³/mol. The van der Waals surface area contributed by atoms with E-state index in [0.717, 1.165) is 6.20 Å². The zero-order chi connectivity index (χ0) is 13.7. The molecule has 0 saturated carbocycles. The molecule has 0 aromatic carbocycles. The van der Waals surface area contributed by atoms with Crippen LogP contribution in [0.25, 0.3) is 0 Å². The van der Waals surface area contributed by atoms with E-state index >= 15 is 0 Å². The summed E-state index contributed by atoms with van der Waals surface area (Å²) in [5.74, 6) is -3.47. The van der Waals surface area contributed by atoms with Gasteiger partial charge in [0.2, 0.25) is 0 Å². The van der Waals surface area contributed by atoms with Gasteiger partial charge < -0.3 is 15.5 Å². The summed E-state index contributed by atoms with van der Waals surface area (Å²) in [4.78, 5) is 36.4. The van der Waals surface area contributed by atoms with Crippen LogP contribution in [0.5, 0.6) is 0 Å². The standard InChI is InChI=1S/C10H9ClN2O5/c11-7-2-1-5(4-12-7)9(16)13-6(10(17)18)3-8(14)15/h1-2,4,6H,3H2,(H,13,16)(H,14,15)(H,17,18). The maximum absolute atomic E-state index is 11.6. The Hall–Kier alpha value is -2.15. The summed E-state index contributed by atoms with van der Waals surface area (Å²) < 4.78 is 0. The fourth-order valence-corrected chi connectivity index (χ4v) is 1.24. The molecule has 0 saturated heterocycles. The summed E-state index contributed by atoms with van der Waals surface area (Å²) in [6.07, 6.45) is 0.458. The van der Waals surface area contributed by atoms with Crippen LogP contribution in [0.1, 0.15) is 16.8 Å². The molecule has 1 unspecified atom stereocenters. The van der Waals surface area contributed by atoms with Crippen LogP contribution in [0.15, 0.2) is 18.3 Å². The lowest BCUT2D eigenvalue weighted by atomic mass is 10.2. The van der Waals surface area contributed by atoms with Crippen LogP contribution in [-0.2, 0) is 9.59 Å². The highest BCUT2D eigenvalue weighted by Crippen LogP contribution is 2.05. The Morgan fingerprint density at radius 3 is 2.44 bits per heavy atom. The molecular formula is C10H9ClN2O5. The number of aliphatic carboxylic acids is 2. The van der Waals surface area contributed by atoms with Gasteiger partial charge in [0, 0.05) is 6.20 Å². The average Bonchev–Trinajstić information content (AvgIpc) is 2.28. The van der Waals surface area contributed by atoms with Crippen LogP contribution in [0.4, 0.5) is 0 Å². The second-order valence-electron chi connectivity index (χ2n) is 3.33. The monoisotopic (exact) mass is 272 g/mol. The number of nitrogens with zero attached hydrogens (tertiary/aromatic N) is 1. The summed E-state index contributed by atoms with van der Waals surface area (Å²) in [6.45, 7) is 0. The van der Waals surface area contributed by atoms with Gasteiger partial charge in [-0.3, -0.25) is 9.59 Å². The van der Waals surface area contributed by atoms with E-state index in [1.54, 1.807) is 0 Å². The number of rotatable bonds is 5. The highest BCUT2D eigenvalue weighted by Gasteiger charge is 2.23. The average molecular weight is 273 g/mol. The van der Waals surface area contributed by atoms with Crippen molar-refractivity contribution in [2.45, 2.75) is 12.5 Å². The smallest absolute Gasteiger partial charge is 0.326 e. The molecule has 0 aliphatic heterocycles. The molecule has 0 aliphatic carbocycles. The van der Waals surface area contributed by atoms with Crippen LogP contribution in [0.2, 0.25) is 5.15 Å². The number of carboxylic acids is 2. The van der Waals surface area contributed by atoms with Crippen molar-refractivity contribution in [3.05, 3.63) is 29.0 Å². The molecule has 1 aromatic rings. The first-order valence-corrected chi connectivity index (χ1v) is 5.15. The van der Waals surface area contributed by atoms with Gasteiger partial charge in [-0.05, 0) is 12.1 Å². The van der Waals surface area contributed by atoms with Gasteiger partial charge in [-0.1, -0.05) is 11.6 Å². The number of halogens is 1. The number of carbonyl (C=O) groups is 3. The van der Waals surface area contributed by atoms with Gasteiger partial charge in [0.15, 0.2) is 0 Å². The van der Waals surface area contributed by atoms with Gasteiger partial charge in [-0.25, -0.2) is 9.78 Å². The minimum Gasteiger partial charge on any atom is -0.481 e. The summed E-state index contributed by atoms with van der Waals surface area (Å²) in [7, 11) is 0. The predicted octanol–water partition coefficient (Wildman–Crippen LogP) is 0.393. The van der Waals surface area contributed by atoms with E-state index in [9.17, 15) is 14.4 Å². The first kappa shape index (κ1) is 13.9. The van der Waals surface area contributed by atoms with E-state index in [-0.39, 0.29) is 10.7 Å². The highest BCUT2D eigenvalue weighted by molar-refractivity contribution is 6.29. The number of carboxylic acid groups (broad SMARTS) is 2. The van der Waals surface area contributed by atoms with Crippen molar-refractivity contribution in [3.63, 3.8) is 0 Å². The first-order valence-electron chi connectivity index (χ1n) is 4.77. The molecule has 8 heteroatoms. The molecule has 0 radical (unpaired) electrons. The van der Waals surface area contributed by atoms with Gasteiger partial charge in [0.1, 0.15) is 11.2 Å². The fraction of sp³-hybridized carbons (Fsp3) is 0.200. The largest absolute Gasteiger partial charge is 0.481 e. The molecule has 1 heterocycles. The first-order chi connectivity index (χ1) is 8.40. The van der Waals surface area contributed by atoms with E-state index in [4.69, 9.17) is 21.8 Å². The van der Waals surface area contributed by atoms with Gasteiger partial charge in [-0.15, -0.1) is 0 Å². The van der Waals surface area contributed by atoms with Crippen molar-refractivity contribution in [1.29, 1.82) is 0 Å². The van der Waals surface area contributed by atoms with E-state index in [2.05, 4.69) is 10.3 Å². The Morgan fingerprint density at radius 2 is 2.00 bits per heavy atom. The van der Waals surface area contributed by atoms with E-state index in [1.165, 1.54) is 12.1 Å². The molecule has 0 fully saturated rings. The maximum atomic E-state index is 11.6. The number of hydrogen-bond donors (Lipinski definition) is 3. The number of nitrogens with one attached hydrogen (secondary N) is 1. The Kier molecular flexibility index (Phi) is 4.61. The Bertz CT molecular complexity index is 474. The third-order valence-corrected chi connectivity index (χ3v) is 2.20. The van der Waals surface area contributed by atoms with Crippen molar-refractivity contribution in [3.8, 4) is 0 Å². The molecule has 7 nitrogen and oxygen atoms in total. The number of carbonyl (C=O) groups excluding carboxylic acids is 1. The van der Waals surface area contributed by atoms with Gasteiger partial charge >= 0.3 is 11.9 Å². The summed E-state index contributed by atoms with van der Waals surface area (Å²) in [6, 6.07) is 1.22. The zero-order valence-corrected chi connectivity index (χ0v) is 9.72. The number of pyridine rings is 1. The minimum atomic E-state index is -1.49. The normalized spacial score (nSPS) is 11.6. The maximum Gasteiger partial charge on any atom is 0.326 e. The lowest BCUT2D eigenvalue weighted by Crippen LogP contribution is -2.42. The van der Waals surface area contributed by atoms with Crippen molar-refractivity contribution >= 4 is 29.4 Å². The minimum absolute atomic E-state index is 0.0936. The summed E-state index contributed by atoms with van der Waals surface area (Å²) >= 11 is 5.53. The van der Waals surface area contributed by atoms with Crippen LogP contribution in [0.3, 0.4) is 0 Å². The van der Waals surface area contributed by atoms with Crippen LogP contribution in [-0.4, -0.2) is 39.1 Å². The zero-order valence-electron chi connectivity index (χ0n) is 8.96. The molecule has 0 aliphatic rings. The van der Waals surface area contributed by atoms with Crippen LogP contribution in [0, 0.1) is 0 Å². The molecule has 96 valence electrons. The fourth-order valence-electron chi connectivity index (χ4n) is 1.13. The summed E-state index contributed by atoms with van der Waals surface area (Å²) in [5.41, 5.74) is 0.0936. The second-order valence-corrected chi connectivity index (χ2v) is 3.72. The second kappa shape index (κ2) is 5.97. The molecule has 1 aromatic heterocycles. The lowest BCUT2D eigenvalue weighted by Gasteiger charge is -2.12. The van der Waals surface area contributed by atoms with Gasteiger partial charge in [0.25, 0.3) is 5.91 Å². The molecule has 3 N–H and O–H groups in total. The van der Waals surface area contributed by atoms with Gasteiger partial charge in [-0.2, -0.15) is 0 Å². The number of aromatic nitrogens is 1. The van der Waals surface area contributed by atoms with Crippen LogP contribution >= 0.6 is 11.6 Å². The molecule has 1 rings (SSSR count). The Labute approximate surface area is 106 Å². The summed E-state index contributed by atoms with van der Waals surface area (Å²) in [5, 5.41) is 19.5. The SMILES string of the molecule is O=C(O)CC(NC(=O)c1ccc(Cl)nc1)C(=O)O. The molecule has 0 spiro atoms. The van der Waals surface area contributed by atoms with E-state index in [1.807, 2.05) is 0 Å². The third-order valence-electron chi connectivity index (χ3n) is 1.97. The third kappa shape index (κ3) is 4.02. The van der Waals surface area contributed by atoms with Crippen molar-refractivity contribution in [1.82, 2.24) is 10.3 Å². The molecular weight excluding hydrogens is 264 g/mol. The van der Waals surface area contributed by atoms with Crippen molar-refractivity contribution < 1.29 is 24.6 Å². The topological polar surface area (TPSA) is 117 Å². The van der Waals surface area contributed by atoms with Crippen molar-refractivity contribution in [2.24, 2.45) is 0 Å². The highest BCUT2D eigenvalue weighted by atomic mass is 35.5. The lowest BCUT2D eigenvalue weighted by molar-refractivity contribution is -0.145. The van der Waals surface area contributed by atoms with E-state index < -0.39 is 30.3 Å². The quantitative estimate of drug-likeness (QED) is 0.668.